The number of aryl methyl sites for hydroxylation is 1. The number of amides is 1. The molecule has 0 spiro atoms. The Hall–Kier alpha value is -1.91. The third-order valence-corrected chi connectivity index (χ3v) is 5.25. The summed E-state index contributed by atoms with van der Waals surface area (Å²) in [6.45, 7) is 5.56. The van der Waals surface area contributed by atoms with Crippen LogP contribution in [0.5, 0.6) is 0 Å². The minimum absolute atomic E-state index is 0.0203. The Kier molecular flexibility index (Phi) is 5.17. The van der Waals surface area contributed by atoms with E-state index in [1.165, 1.54) is 18.4 Å². The summed E-state index contributed by atoms with van der Waals surface area (Å²) in [5.74, 6) is -0.470. The van der Waals surface area contributed by atoms with Gasteiger partial charge in [0, 0.05) is 25.5 Å². The van der Waals surface area contributed by atoms with Crippen molar-refractivity contribution in [1.82, 2.24) is 14.5 Å². The summed E-state index contributed by atoms with van der Waals surface area (Å²) < 4.78 is 2.01. The number of nitrogens with zero attached hydrogens (tertiary/aromatic N) is 3. The Balaban J connectivity index is 1.76. The van der Waals surface area contributed by atoms with Gasteiger partial charge in [0.05, 0.1) is 18.3 Å². The van der Waals surface area contributed by atoms with Gasteiger partial charge in [-0.25, -0.2) is 4.98 Å². The van der Waals surface area contributed by atoms with E-state index in [9.17, 15) is 9.59 Å². The highest BCUT2D eigenvalue weighted by molar-refractivity contribution is 6.39. The molecule has 1 aromatic heterocycles. The van der Waals surface area contributed by atoms with E-state index in [0.717, 1.165) is 25.8 Å². The SMILES string of the molecule is CC(C)C1C(=O)C(=O)N(CCCn2ccnc2)C1C1=CCCCC1. The van der Waals surface area contributed by atoms with E-state index < -0.39 is 0 Å². The molecule has 130 valence electrons. The molecular weight excluding hydrogens is 302 g/mol. The van der Waals surface area contributed by atoms with Crippen molar-refractivity contribution in [2.45, 2.75) is 58.5 Å². The van der Waals surface area contributed by atoms with E-state index in [1.807, 2.05) is 15.7 Å². The normalized spacial score (nSPS) is 24.8. The summed E-state index contributed by atoms with van der Waals surface area (Å²) in [6, 6.07) is -0.0203. The van der Waals surface area contributed by atoms with Gasteiger partial charge in [-0.2, -0.15) is 0 Å². The van der Waals surface area contributed by atoms with Gasteiger partial charge in [0.25, 0.3) is 5.91 Å². The molecule has 0 N–H and O–H groups in total. The molecule has 5 heteroatoms. The fraction of sp³-hybridized carbons (Fsp3) is 0.632. The molecule has 2 heterocycles. The predicted octanol–water partition coefficient (Wildman–Crippen LogP) is 2.83. The molecule has 2 atom stereocenters. The van der Waals surface area contributed by atoms with Gasteiger partial charge in [0.15, 0.2) is 0 Å². The van der Waals surface area contributed by atoms with Crippen LogP contribution in [-0.4, -0.2) is 38.7 Å². The molecule has 3 rings (SSSR count). The van der Waals surface area contributed by atoms with Gasteiger partial charge in [-0.15, -0.1) is 0 Å². The fourth-order valence-corrected chi connectivity index (χ4v) is 4.06. The zero-order chi connectivity index (χ0) is 17.1. The first-order chi connectivity index (χ1) is 11.6. The van der Waals surface area contributed by atoms with Crippen LogP contribution in [0.3, 0.4) is 0 Å². The highest BCUT2D eigenvalue weighted by Gasteiger charge is 2.49. The number of Topliss-reactive ketones (excluding diaryl/α,β-unsaturated/α-hetero) is 1. The first-order valence-corrected chi connectivity index (χ1v) is 9.09. The molecule has 0 aromatic carbocycles. The minimum atomic E-state index is -0.282. The molecule has 2 unspecified atom stereocenters. The number of imidazole rings is 1. The van der Waals surface area contributed by atoms with Gasteiger partial charge in [0.2, 0.25) is 5.78 Å². The van der Waals surface area contributed by atoms with Crippen LogP contribution in [0.2, 0.25) is 0 Å². The van der Waals surface area contributed by atoms with Gasteiger partial charge in [-0.05, 0) is 38.0 Å². The largest absolute Gasteiger partial charge is 0.337 e. The lowest BCUT2D eigenvalue weighted by Crippen LogP contribution is -2.39. The van der Waals surface area contributed by atoms with Crippen molar-refractivity contribution in [1.29, 1.82) is 0 Å². The average molecular weight is 329 g/mol. The van der Waals surface area contributed by atoms with Gasteiger partial charge >= 0.3 is 0 Å². The zero-order valence-electron chi connectivity index (χ0n) is 14.6. The van der Waals surface area contributed by atoms with E-state index in [-0.39, 0.29) is 29.6 Å². The number of carbonyl (C=O) groups excluding carboxylic acids is 2. The van der Waals surface area contributed by atoms with Crippen molar-refractivity contribution < 1.29 is 9.59 Å². The average Bonchev–Trinajstić information content (AvgIpc) is 3.17. The van der Waals surface area contributed by atoms with E-state index in [1.54, 1.807) is 12.5 Å². The maximum atomic E-state index is 12.6. The Morgan fingerprint density at radius 3 is 2.71 bits per heavy atom. The highest BCUT2D eigenvalue weighted by atomic mass is 16.2. The second-order valence-electron chi connectivity index (χ2n) is 7.26. The number of aromatic nitrogens is 2. The topological polar surface area (TPSA) is 55.2 Å². The molecule has 1 aromatic rings. The Bertz CT molecular complexity index is 619. The molecule has 2 aliphatic rings. The number of ketones is 1. The van der Waals surface area contributed by atoms with Gasteiger partial charge in [-0.1, -0.05) is 25.5 Å². The summed E-state index contributed by atoms with van der Waals surface area (Å²) in [4.78, 5) is 31.1. The van der Waals surface area contributed by atoms with Crippen LogP contribution in [0.1, 0.15) is 46.0 Å². The summed E-state index contributed by atoms with van der Waals surface area (Å²) in [6.07, 6.45) is 13.1. The van der Waals surface area contributed by atoms with Gasteiger partial charge in [-0.3, -0.25) is 9.59 Å². The van der Waals surface area contributed by atoms with Crippen LogP contribution >= 0.6 is 0 Å². The smallest absolute Gasteiger partial charge is 0.290 e. The molecule has 0 saturated carbocycles. The second-order valence-corrected chi connectivity index (χ2v) is 7.26. The third kappa shape index (κ3) is 3.30. The maximum Gasteiger partial charge on any atom is 0.290 e. The van der Waals surface area contributed by atoms with Crippen LogP contribution in [0, 0.1) is 11.8 Å². The van der Waals surface area contributed by atoms with Crippen LogP contribution in [0.15, 0.2) is 30.4 Å². The molecule has 0 radical (unpaired) electrons. The van der Waals surface area contributed by atoms with Crippen LogP contribution in [-0.2, 0) is 16.1 Å². The summed E-state index contributed by atoms with van der Waals surface area (Å²) in [7, 11) is 0. The Morgan fingerprint density at radius 2 is 2.08 bits per heavy atom. The quantitative estimate of drug-likeness (QED) is 0.596. The van der Waals surface area contributed by atoms with Gasteiger partial charge in [0.1, 0.15) is 0 Å². The number of likely N-dealkylation sites (tertiary alicyclic amines) is 1. The summed E-state index contributed by atoms with van der Waals surface area (Å²) in [5.41, 5.74) is 1.31. The molecule has 1 aliphatic heterocycles. The Morgan fingerprint density at radius 1 is 1.25 bits per heavy atom. The highest BCUT2D eigenvalue weighted by Crippen LogP contribution is 2.37. The molecule has 0 bridgehead atoms. The lowest BCUT2D eigenvalue weighted by molar-refractivity contribution is -0.141. The van der Waals surface area contributed by atoms with Crippen LogP contribution in [0.25, 0.3) is 0 Å². The predicted molar refractivity (Wildman–Crippen MR) is 92.2 cm³/mol. The van der Waals surface area contributed by atoms with Crippen molar-refractivity contribution in [2.24, 2.45) is 11.8 Å². The van der Waals surface area contributed by atoms with Crippen molar-refractivity contribution >= 4 is 11.7 Å². The standard InChI is InChI=1S/C19H27N3O2/c1-14(2)16-17(15-7-4-3-5-8-15)22(19(24)18(16)23)11-6-10-21-12-9-20-13-21/h7,9,12-14,16-17H,3-6,8,10-11H2,1-2H3. The third-order valence-electron chi connectivity index (χ3n) is 5.25. The summed E-state index contributed by atoms with van der Waals surface area (Å²) in [5, 5.41) is 0. The van der Waals surface area contributed by atoms with E-state index in [4.69, 9.17) is 0 Å². The molecule has 1 amide bonds. The van der Waals surface area contributed by atoms with Gasteiger partial charge < -0.3 is 9.47 Å². The first-order valence-electron chi connectivity index (χ1n) is 9.09. The number of rotatable bonds is 6. The molecule has 1 fully saturated rings. The van der Waals surface area contributed by atoms with Crippen molar-refractivity contribution in [3.8, 4) is 0 Å². The van der Waals surface area contributed by atoms with Crippen molar-refractivity contribution in [2.75, 3.05) is 6.54 Å². The van der Waals surface area contributed by atoms with E-state index in [2.05, 4.69) is 24.9 Å². The molecular formula is C19H27N3O2. The van der Waals surface area contributed by atoms with Crippen LogP contribution in [0.4, 0.5) is 0 Å². The minimum Gasteiger partial charge on any atom is -0.337 e. The van der Waals surface area contributed by atoms with Crippen LogP contribution < -0.4 is 0 Å². The van der Waals surface area contributed by atoms with E-state index >= 15 is 0 Å². The lowest BCUT2D eigenvalue weighted by Gasteiger charge is -2.32. The number of carbonyl (C=O) groups is 2. The first kappa shape index (κ1) is 16.9. The lowest BCUT2D eigenvalue weighted by atomic mass is 9.81. The second kappa shape index (κ2) is 7.32. The summed E-state index contributed by atoms with van der Waals surface area (Å²) >= 11 is 0. The molecule has 5 nitrogen and oxygen atoms in total. The number of hydrogen-bond acceptors (Lipinski definition) is 3. The number of hydrogen-bond donors (Lipinski definition) is 0. The zero-order valence-corrected chi connectivity index (χ0v) is 14.6. The van der Waals surface area contributed by atoms with E-state index in [0.29, 0.717) is 6.54 Å². The van der Waals surface area contributed by atoms with Crippen molar-refractivity contribution in [3.05, 3.63) is 30.4 Å². The molecule has 1 aliphatic carbocycles. The Labute approximate surface area is 143 Å². The molecule has 1 saturated heterocycles. The maximum absolute atomic E-state index is 12.6. The monoisotopic (exact) mass is 329 g/mol. The fourth-order valence-electron chi connectivity index (χ4n) is 4.06. The molecule has 24 heavy (non-hydrogen) atoms. The van der Waals surface area contributed by atoms with Crippen molar-refractivity contribution in [3.63, 3.8) is 0 Å². The number of allylic oxidation sites excluding steroid dienone is 1.